The Kier molecular flexibility index (Phi) is 4.83. The molecule has 2 aliphatic rings. The third kappa shape index (κ3) is 3.02. The van der Waals surface area contributed by atoms with Gasteiger partial charge in [0.25, 0.3) is 0 Å². The zero-order chi connectivity index (χ0) is 28.4. The van der Waals surface area contributed by atoms with Gasteiger partial charge in [-0.05, 0) is 12.1 Å². The molecule has 0 unspecified atom stereocenters. The van der Waals surface area contributed by atoms with Crippen LogP contribution in [0.2, 0.25) is 10.0 Å². The van der Waals surface area contributed by atoms with Crippen LogP contribution in [0, 0.1) is 0 Å². The summed E-state index contributed by atoms with van der Waals surface area (Å²) in [7, 11) is 6.00. The quantitative estimate of drug-likeness (QED) is 0.253. The lowest BCUT2D eigenvalue weighted by atomic mass is 10.1. The molecule has 7 rings (SSSR count). The lowest BCUT2D eigenvalue weighted by Crippen LogP contribution is -2.39. The third-order valence-electron chi connectivity index (χ3n) is 7.28. The third-order valence-corrected chi connectivity index (χ3v) is 7.98. The number of rotatable bonds is 0. The highest BCUT2D eigenvalue weighted by Crippen LogP contribution is 2.44. The van der Waals surface area contributed by atoms with Crippen molar-refractivity contribution in [2.24, 2.45) is 38.2 Å². The fourth-order valence-corrected chi connectivity index (χ4v) is 5.50. The molecule has 0 amide bonds. The van der Waals surface area contributed by atoms with Crippen molar-refractivity contribution in [1.82, 2.24) is 18.3 Å². The molecule has 2 aliphatic heterocycles. The van der Waals surface area contributed by atoms with Gasteiger partial charge in [-0.2, -0.15) is 0 Å². The number of ether oxygens (including phenoxy) is 2. The Hall–Kier alpha value is -4.68. The molecule has 200 valence electrons. The molecular weight excluding hydrogens is 563 g/mol. The summed E-state index contributed by atoms with van der Waals surface area (Å²) >= 11 is 13.5. The van der Waals surface area contributed by atoms with Gasteiger partial charge in [-0.1, -0.05) is 23.2 Å². The van der Waals surface area contributed by atoms with E-state index in [1.54, 1.807) is 24.3 Å². The van der Waals surface area contributed by atoms with E-state index in [0.717, 1.165) is 0 Å². The molecule has 0 fully saturated rings. The SMILES string of the molecule is Cn1c(=O)c(=O)n(C)c2cc3c(cc21)N=c1c(Cl)c2c(c(Cl)c1O3)=Nc1cc3c(cc1O2)n(C)c(=O)c(=O)n3C. The van der Waals surface area contributed by atoms with Crippen molar-refractivity contribution < 1.29 is 9.47 Å². The van der Waals surface area contributed by atoms with Crippen LogP contribution in [-0.4, -0.2) is 18.3 Å². The Labute approximate surface area is 231 Å². The van der Waals surface area contributed by atoms with Gasteiger partial charge in [0.2, 0.25) is 0 Å². The molecule has 0 spiro atoms. The molecule has 12 nitrogen and oxygen atoms in total. The Morgan fingerprint density at radius 3 is 1.18 bits per heavy atom. The summed E-state index contributed by atoms with van der Waals surface area (Å²) in [4.78, 5) is 58.7. The first kappa shape index (κ1) is 24.4. The normalized spacial score (nSPS) is 12.9. The number of benzene rings is 3. The number of hydrogen-bond acceptors (Lipinski definition) is 8. The Morgan fingerprint density at radius 2 is 0.850 bits per heavy atom. The average molecular weight is 579 g/mol. The maximum absolute atomic E-state index is 12.4. The highest BCUT2D eigenvalue weighted by atomic mass is 35.5. The second kappa shape index (κ2) is 7.93. The summed E-state index contributed by atoms with van der Waals surface area (Å²) in [6.07, 6.45) is 0. The van der Waals surface area contributed by atoms with E-state index in [0.29, 0.717) is 44.9 Å². The van der Waals surface area contributed by atoms with E-state index in [-0.39, 0.29) is 32.3 Å². The Bertz CT molecular complexity index is 2270. The molecule has 4 heterocycles. The monoisotopic (exact) mass is 578 g/mol. The summed E-state index contributed by atoms with van der Waals surface area (Å²) in [6, 6.07) is 6.44. The molecule has 0 bridgehead atoms. The van der Waals surface area contributed by atoms with Gasteiger partial charge in [0.15, 0.2) is 23.0 Å². The van der Waals surface area contributed by atoms with Crippen LogP contribution in [0.4, 0.5) is 11.4 Å². The van der Waals surface area contributed by atoms with Gasteiger partial charge >= 0.3 is 22.2 Å². The van der Waals surface area contributed by atoms with Crippen molar-refractivity contribution >= 4 is 56.6 Å². The van der Waals surface area contributed by atoms with Crippen molar-refractivity contribution in [3.05, 3.63) is 86.4 Å². The Morgan fingerprint density at radius 1 is 0.550 bits per heavy atom. The number of nitrogens with zero attached hydrogens (tertiary/aromatic N) is 6. The molecule has 2 aromatic heterocycles. The van der Waals surface area contributed by atoms with Gasteiger partial charge < -0.3 is 27.7 Å². The zero-order valence-corrected chi connectivity index (χ0v) is 22.7. The average Bonchev–Trinajstić information content (AvgIpc) is 2.96. The minimum Gasteiger partial charge on any atom is -0.451 e. The number of hydrogen-bond donors (Lipinski definition) is 0. The van der Waals surface area contributed by atoms with E-state index in [4.69, 9.17) is 32.7 Å². The van der Waals surface area contributed by atoms with Gasteiger partial charge in [-0.15, -0.1) is 0 Å². The van der Waals surface area contributed by atoms with E-state index >= 15 is 0 Å². The molecule has 0 saturated heterocycles. The number of aromatic nitrogens is 4. The first-order chi connectivity index (χ1) is 19.0. The van der Waals surface area contributed by atoms with E-state index in [1.807, 2.05) is 0 Å². The van der Waals surface area contributed by atoms with E-state index in [1.165, 1.54) is 46.5 Å². The van der Waals surface area contributed by atoms with Crippen molar-refractivity contribution in [2.45, 2.75) is 0 Å². The maximum Gasteiger partial charge on any atom is 0.316 e. The summed E-state index contributed by atoms with van der Waals surface area (Å²) in [5.74, 6) is 0.869. The number of fused-ring (bicyclic) bond motifs is 6. The molecule has 40 heavy (non-hydrogen) atoms. The van der Waals surface area contributed by atoms with Crippen LogP contribution in [0.3, 0.4) is 0 Å². The lowest BCUT2D eigenvalue weighted by Gasteiger charge is -2.22. The predicted octanol–water partition coefficient (Wildman–Crippen LogP) is 2.21. The van der Waals surface area contributed by atoms with Gasteiger partial charge in [0, 0.05) is 40.3 Å². The summed E-state index contributed by atoms with van der Waals surface area (Å²) in [5.41, 5.74) is -0.152. The summed E-state index contributed by atoms with van der Waals surface area (Å²) < 4.78 is 17.3. The van der Waals surface area contributed by atoms with Gasteiger partial charge in [0.1, 0.15) is 32.1 Å². The lowest BCUT2D eigenvalue weighted by molar-refractivity contribution is 0.451. The Balaban J connectivity index is 1.50. The maximum atomic E-state index is 12.4. The number of halogens is 2. The summed E-state index contributed by atoms with van der Waals surface area (Å²) in [5, 5.41) is 0.555. The summed E-state index contributed by atoms with van der Waals surface area (Å²) in [6.45, 7) is 0. The van der Waals surface area contributed by atoms with Crippen molar-refractivity contribution in [3.63, 3.8) is 0 Å². The first-order valence-electron chi connectivity index (χ1n) is 11.8. The fourth-order valence-electron chi connectivity index (χ4n) is 4.99. The van der Waals surface area contributed by atoms with Crippen LogP contribution in [0.1, 0.15) is 0 Å². The van der Waals surface area contributed by atoms with Crippen molar-refractivity contribution in [3.8, 4) is 23.0 Å². The largest absolute Gasteiger partial charge is 0.451 e. The standard InChI is InChI=1S/C26H16Cl2N6O6/c1-31-11-5-9-15(7-13(11)33(3)25(37)23(31)35)39-21-18(28)20-22(17(27)19(21)29-9)40-16-8-14-12(6-10(16)30-20)32(2)24(36)26(38)34(14)4/h5-8H,1-4H3. The van der Waals surface area contributed by atoms with Crippen molar-refractivity contribution in [2.75, 3.05) is 0 Å². The smallest absolute Gasteiger partial charge is 0.316 e. The van der Waals surface area contributed by atoms with E-state index < -0.39 is 22.2 Å². The minimum atomic E-state index is -0.682. The van der Waals surface area contributed by atoms with Crippen LogP contribution in [0.15, 0.2) is 53.4 Å². The van der Waals surface area contributed by atoms with Crippen LogP contribution in [0.5, 0.6) is 23.0 Å². The molecule has 0 saturated carbocycles. The second-order valence-corrected chi connectivity index (χ2v) is 10.2. The van der Waals surface area contributed by atoms with Gasteiger partial charge in [-0.3, -0.25) is 19.2 Å². The van der Waals surface area contributed by atoms with Crippen LogP contribution >= 0.6 is 23.2 Å². The molecule has 0 N–H and O–H groups in total. The molecule has 0 radical (unpaired) electrons. The highest BCUT2D eigenvalue weighted by Gasteiger charge is 2.28. The molecule has 0 atom stereocenters. The highest BCUT2D eigenvalue weighted by molar-refractivity contribution is 6.35. The van der Waals surface area contributed by atoms with E-state index in [2.05, 4.69) is 9.98 Å². The minimum absolute atomic E-state index is 0.0818. The van der Waals surface area contributed by atoms with Crippen LogP contribution < -0.4 is 42.4 Å². The van der Waals surface area contributed by atoms with Crippen molar-refractivity contribution in [1.29, 1.82) is 0 Å². The van der Waals surface area contributed by atoms with Gasteiger partial charge in [0.05, 0.1) is 22.1 Å². The predicted molar refractivity (Wildman–Crippen MR) is 147 cm³/mol. The molecule has 0 aliphatic carbocycles. The fraction of sp³-hybridized carbons (Fsp3) is 0.154. The first-order valence-corrected chi connectivity index (χ1v) is 12.5. The molecule has 3 aromatic carbocycles. The topological polar surface area (TPSA) is 131 Å². The van der Waals surface area contributed by atoms with Crippen LogP contribution in [-0.2, 0) is 28.2 Å². The molecule has 14 heteroatoms. The van der Waals surface area contributed by atoms with Crippen LogP contribution in [0.25, 0.3) is 22.1 Å². The molecular formula is C26H16Cl2N6O6. The molecule has 5 aromatic rings. The second-order valence-electron chi connectivity index (χ2n) is 9.49. The number of aryl methyl sites for hydroxylation is 4. The van der Waals surface area contributed by atoms with E-state index in [9.17, 15) is 19.2 Å². The van der Waals surface area contributed by atoms with Gasteiger partial charge in [-0.25, -0.2) is 9.98 Å². The zero-order valence-electron chi connectivity index (χ0n) is 21.2.